The van der Waals surface area contributed by atoms with Crippen LogP contribution in [0.4, 0.5) is 13.2 Å². The molecule has 0 bridgehead atoms. The van der Waals surface area contributed by atoms with Crippen molar-refractivity contribution in [3.8, 4) is 12.3 Å². The Kier molecular flexibility index (Phi) is 5.77. The topological polar surface area (TPSA) is 29.1 Å². The van der Waals surface area contributed by atoms with Crippen molar-refractivity contribution in [1.82, 2.24) is 5.32 Å². The number of carbonyl (C=O) groups excluding carboxylic acids is 1. The SMILES string of the molecule is C#CCCCCNC(=O)CC(F)(F)F. The second-order valence-electron chi connectivity index (χ2n) is 2.80. The van der Waals surface area contributed by atoms with Gasteiger partial charge < -0.3 is 5.32 Å². The third kappa shape index (κ3) is 8.91. The van der Waals surface area contributed by atoms with Gasteiger partial charge in [0.15, 0.2) is 0 Å². The van der Waals surface area contributed by atoms with Gasteiger partial charge in [0.05, 0.1) is 0 Å². The summed E-state index contributed by atoms with van der Waals surface area (Å²) in [4.78, 5) is 10.6. The Bertz CT molecular complexity index is 217. The molecule has 0 aromatic carbocycles. The summed E-state index contributed by atoms with van der Waals surface area (Å²) in [7, 11) is 0. The monoisotopic (exact) mass is 207 g/mol. The van der Waals surface area contributed by atoms with E-state index in [0.717, 1.165) is 0 Å². The van der Waals surface area contributed by atoms with Gasteiger partial charge in [0.2, 0.25) is 5.91 Å². The lowest BCUT2D eigenvalue weighted by Gasteiger charge is -2.06. The van der Waals surface area contributed by atoms with Crippen molar-refractivity contribution in [1.29, 1.82) is 0 Å². The van der Waals surface area contributed by atoms with Gasteiger partial charge in [0, 0.05) is 13.0 Å². The second-order valence-corrected chi connectivity index (χ2v) is 2.80. The molecule has 0 aromatic rings. The van der Waals surface area contributed by atoms with Crippen molar-refractivity contribution in [3.05, 3.63) is 0 Å². The van der Waals surface area contributed by atoms with Crippen molar-refractivity contribution in [2.24, 2.45) is 0 Å². The summed E-state index contributed by atoms with van der Waals surface area (Å²) in [5.74, 6) is 1.41. The van der Waals surface area contributed by atoms with Gasteiger partial charge >= 0.3 is 6.18 Å². The summed E-state index contributed by atoms with van der Waals surface area (Å²) in [6.07, 6.45) is 1.02. The Morgan fingerprint density at radius 1 is 1.36 bits per heavy atom. The largest absolute Gasteiger partial charge is 0.397 e. The van der Waals surface area contributed by atoms with Gasteiger partial charge in [0.1, 0.15) is 6.42 Å². The molecule has 14 heavy (non-hydrogen) atoms. The quantitative estimate of drug-likeness (QED) is 0.541. The van der Waals surface area contributed by atoms with Gasteiger partial charge in [-0.05, 0) is 12.8 Å². The number of unbranched alkanes of at least 4 members (excludes halogenated alkanes) is 2. The molecule has 1 amide bonds. The van der Waals surface area contributed by atoms with Crippen LogP contribution in [-0.4, -0.2) is 18.6 Å². The van der Waals surface area contributed by atoms with E-state index in [1.165, 1.54) is 0 Å². The van der Waals surface area contributed by atoms with E-state index in [2.05, 4.69) is 11.2 Å². The number of amides is 1. The third-order valence-electron chi connectivity index (χ3n) is 1.43. The van der Waals surface area contributed by atoms with E-state index in [1.54, 1.807) is 0 Å². The van der Waals surface area contributed by atoms with E-state index in [4.69, 9.17) is 6.42 Å². The highest BCUT2D eigenvalue weighted by Gasteiger charge is 2.30. The molecule has 0 heterocycles. The van der Waals surface area contributed by atoms with Crippen LogP contribution < -0.4 is 5.32 Å². The molecule has 0 aromatic heterocycles. The summed E-state index contributed by atoms with van der Waals surface area (Å²) in [5.41, 5.74) is 0. The van der Waals surface area contributed by atoms with Crippen LogP contribution in [0.3, 0.4) is 0 Å². The van der Waals surface area contributed by atoms with Gasteiger partial charge in [-0.2, -0.15) is 13.2 Å². The van der Waals surface area contributed by atoms with E-state index in [1.807, 2.05) is 0 Å². The smallest absolute Gasteiger partial charge is 0.356 e. The Hall–Kier alpha value is -1.18. The minimum Gasteiger partial charge on any atom is -0.356 e. The molecular formula is C9H12F3NO. The summed E-state index contributed by atoms with van der Waals surface area (Å²) in [6.45, 7) is 0.247. The molecule has 80 valence electrons. The summed E-state index contributed by atoms with van der Waals surface area (Å²) in [5, 5.41) is 2.17. The van der Waals surface area contributed by atoms with Crippen LogP contribution in [0.1, 0.15) is 25.7 Å². The highest BCUT2D eigenvalue weighted by molar-refractivity contribution is 5.76. The molecule has 0 fully saturated rings. The van der Waals surface area contributed by atoms with Gasteiger partial charge in [0.25, 0.3) is 0 Å². The minimum atomic E-state index is -4.43. The Labute approximate surface area is 80.9 Å². The molecule has 0 saturated carbocycles. The highest BCUT2D eigenvalue weighted by atomic mass is 19.4. The molecule has 0 radical (unpaired) electrons. The fraction of sp³-hybridized carbons (Fsp3) is 0.667. The number of halogens is 3. The van der Waals surface area contributed by atoms with E-state index < -0.39 is 18.5 Å². The first-order valence-corrected chi connectivity index (χ1v) is 4.22. The Morgan fingerprint density at radius 2 is 2.00 bits per heavy atom. The maximum absolute atomic E-state index is 11.6. The number of hydrogen-bond donors (Lipinski definition) is 1. The lowest BCUT2D eigenvalue weighted by Crippen LogP contribution is -2.29. The zero-order valence-electron chi connectivity index (χ0n) is 7.66. The maximum atomic E-state index is 11.6. The molecule has 0 aliphatic carbocycles. The zero-order chi connectivity index (χ0) is 11.0. The van der Waals surface area contributed by atoms with Gasteiger partial charge in [-0.3, -0.25) is 4.79 Å². The molecular weight excluding hydrogens is 195 g/mol. The van der Waals surface area contributed by atoms with Crippen molar-refractivity contribution < 1.29 is 18.0 Å². The third-order valence-corrected chi connectivity index (χ3v) is 1.43. The van der Waals surface area contributed by atoms with Crippen molar-refractivity contribution in [2.75, 3.05) is 6.54 Å². The molecule has 0 aliphatic rings. The fourth-order valence-corrected chi connectivity index (χ4v) is 0.824. The van der Waals surface area contributed by atoms with E-state index in [-0.39, 0.29) is 6.54 Å². The first-order chi connectivity index (χ1) is 6.45. The molecule has 0 spiro atoms. The molecule has 0 atom stereocenters. The number of carbonyl (C=O) groups is 1. The van der Waals surface area contributed by atoms with Crippen LogP contribution in [-0.2, 0) is 4.79 Å². The molecule has 0 saturated heterocycles. The van der Waals surface area contributed by atoms with Crippen molar-refractivity contribution in [3.63, 3.8) is 0 Å². The average molecular weight is 207 g/mol. The van der Waals surface area contributed by atoms with Gasteiger partial charge in [-0.15, -0.1) is 12.3 Å². The summed E-state index contributed by atoms with van der Waals surface area (Å²) >= 11 is 0. The minimum absolute atomic E-state index is 0.247. The van der Waals surface area contributed by atoms with Crippen LogP contribution in [0.5, 0.6) is 0 Å². The molecule has 5 heteroatoms. The molecule has 0 rings (SSSR count). The lowest BCUT2D eigenvalue weighted by molar-refractivity contribution is -0.153. The van der Waals surface area contributed by atoms with Crippen LogP contribution >= 0.6 is 0 Å². The first-order valence-electron chi connectivity index (χ1n) is 4.22. The molecule has 0 unspecified atom stereocenters. The average Bonchev–Trinajstić information content (AvgIpc) is 2.00. The number of terminal acetylenes is 1. The highest BCUT2D eigenvalue weighted by Crippen LogP contribution is 2.18. The van der Waals surface area contributed by atoms with Crippen LogP contribution in [0.25, 0.3) is 0 Å². The predicted molar refractivity (Wildman–Crippen MR) is 46.4 cm³/mol. The van der Waals surface area contributed by atoms with E-state index in [9.17, 15) is 18.0 Å². The normalized spacial score (nSPS) is 10.7. The van der Waals surface area contributed by atoms with Crippen molar-refractivity contribution in [2.45, 2.75) is 31.9 Å². The standard InChI is InChI=1S/C9H12F3NO/c1-2-3-4-5-6-13-8(14)7-9(10,11)12/h1H,3-7H2,(H,13,14). The number of hydrogen-bond acceptors (Lipinski definition) is 1. The maximum Gasteiger partial charge on any atom is 0.397 e. The number of nitrogens with one attached hydrogen (secondary N) is 1. The predicted octanol–water partition coefficient (Wildman–Crippen LogP) is 1.86. The van der Waals surface area contributed by atoms with E-state index in [0.29, 0.717) is 19.3 Å². The Balaban J connectivity index is 3.42. The molecule has 2 nitrogen and oxygen atoms in total. The summed E-state index contributed by atoms with van der Waals surface area (Å²) in [6, 6.07) is 0. The lowest BCUT2D eigenvalue weighted by atomic mass is 10.2. The molecule has 0 aliphatic heterocycles. The second kappa shape index (κ2) is 6.30. The van der Waals surface area contributed by atoms with Crippen molar-refractivity contribution >= 4 is 5.91 Å². The van der Waals surface area contributed by atoms with Gasteiger partial charge in [-0.1, -0.05) is 0 Å². The van der Waals surface area contributed by atoms with Crippen LogP contribution in [0, 0.1) is 12.3 Å². The fourth-order valence-electron chi connectivity index (χ4n) is 0.824. The van der Waals surface area contributed by atoms with Crippen LogP contribution in [0.15, 0.2) is 0 Å². The van der Waals surface area contributed by atoms with E-state index >= 15 is 0 Å². The Morgan fingerprint density at radius 3 is 2.50 bits per heavy atom. The molecule has 1 N–H and O–H groups in total. The number of alkyl halides is 3. The van der Waals surface area contributed by atoms with Crippen LogP contribution in [0.2, 0.25) is 0 Å². The summed E-state index contributed by atoms with van der Waals surface area (Å²) < 4.78 is 34.9. The zero-order valence-corrected chi connectivity index (χ0v) is 7.66. The first kappa shape index (κ1) is 12.8. The number of rotatable bonds is 5. The van der Waals surface area contributed by atoms with Gasteiger partial charge in [-0.25, -0.2) is 0 Å².